The number of aromatic nitrogens is 4. The SMILES string of the molecule is NC1CCC(Nc2nc(NCCNC(=O)c3cccc(Cl)c3Cl)c3ncn(C4CCCC4)c3n2)CC1. The van der Waals surface area contributed by atoms with Crippen LogP contribution in [-0.2, 0) is 0 Å². The Kier molecular flexibility index (Phi) is 7.79. The molecule has 0 aliphatic heterocycles. The van der Waals surface area contributed by atoms with Crippen LogP contribution in [-0.4, -0.2) is 50.6 Å². The van der Waals surface area contributed by atoms with Crippen molar-refractivity contribution in [2.24, 2.45) is 5.73 Å². The molecular formula is C25H32Cl2N8O. The average molecular weight is 531 g/mol. The Balaban J connectivity index is 1.30. The summed E-state index contributed by atoms with van der Waals surface area (Å²) >= 11 is 12.2. The summed E-state index contributed by atoms with van der Waals surface area (Å²) in [7, 11) is 0. The Morgan fingerprint density at radius 3 is 2.61 bits per heavy atom. The number of halogens is 2. The van der Waals surface area contributed by atoms with Crippen molar-refractivity contribution in [3.05, 3.63) is 40.1 Å². The van der Waals surface area contributed by atoms with Crippen LogP contribution in [0.2, 0.25) is 10.0 Å². The van der Waals surface area contributed by atoms with Gasteiger partial charge in [-0.15, -0.1) is 0 Å². The molecule has 5 N–H and O–H groups in total. The molecule has 9 nitrogen and oxygen atoms in total. The maximum absolute atomic E-state index is 12.5. The Labute approximate surface area is 220 Å². The van der Waals surface area contributed by atoms with E-state index in [1.165, 1.54) is 12.8 Å². The fourth-order valence-corrected chi connectivity index (χ4v) is 5.52. The number of anilines is 2. The molecule has 0 unspecified atom stereocenters. The molecule has 192 valence electrons. The monoisotopic (exact) mass is 530 g/mol. The number of imidazole rings is 1. The Morgan fingerprint density at radius 1 is 1.06 bits per heavy atom. The van der Waals surface area contributed by atoms with Gasteiger partial charge in [0.25, 0.3) is 5.91 Å². The molecule has 2 aliphatic carbocycles. The largest absolute Gasteiger partial charge is 0.366 e. The van der Waals surface area contributed by atoms with E-state index in [9.17, 15) is 4.79 Å². The summed E-state index contributed by atoms with van der Waals surface area (Å²) in [6.45, 7) is 0.837. The molecule has 2 saturated carbocycles. The van der Waals surface area contributed by atoms with E-state index in [0.29, 0.717) is 47.5 Å². The fraction of sp³-hybridized carbons (Fsp3) is 0.520. The van der Waals surface area contributed by atoms with Crippen molar-refractivity contribution in [1.82, 2.24) is 24.8 Å². The molecule has 2 heterocycles. The van der Waals surface area contributed by atoms with Crippen molar-refractivity contribution < 1.29 is 4.79 Å². The second-order valence-corrected chi connectivity index (χ2v) is 10.5. The summed E-state index contributed by atoms with van der Waals surface area (Å²) in [4.78, 5) is 26.8. The summed E-state index contributed by atoms with van der Waals surface area (Å²) in [6.07, 6.45) is 10.6. The first-order valence-electron chi connectivity index (χ1n) is 12.7. The van der Waals surface area contributed by atoms with Crippen LogP contribution in [0, 0.1) is 0 Å². The van der Waals surface area contributed by atoms with Crippen molar-refractivity contribution in [1.29, 1.82) is 0 Å². The second-order valence-electron chi connectivity index (χ2n) is 9.70. The van der Waals surface area contributed by atoms with Crippen molar-refractivity contribution in [2.45, 2.75) is 69.5 Å². The average Bonchev–Trinajstić information content (AvgIpc) is 3.55. The van der Waals surface area contributed by atoms with E-state index in [1.54, 1.807) is 18.2 Å². The van der Waals surface area contributed by atoms with E-state index in [0.717, 1.165) is 49.7 Å². The third-order valence-corrected chi connectivity index (χ3v) is 7.96. The van der Waals surface area contributed by atoms with Crippen LogP contribution in [0.3, 0.4) is 0 Å². The van der Waals surface area contributed by atoms with Gasteiger partial charge in [-0.2, -0.15) is 9.97 Å². The first kappa shape index (κ1) is 25.0. The van der Waals surface area contributed by atoms with Gasteiger partial charge in [-0.3, -0.25) is 4.79 Å². The van der Waals surface area contributed by atoms with E-state index in [4.69, 9.17) is 38.9 Å². The number of fused-ring (bicyclic) bond motifs is 1. The van der Waals surface area contributed by atoms with E-state index < -0.39 is 0 Å². The lowest BCUT2D eigenvalue weighted by molar-refractivity contribution is 0.0955. The Hall–Kier alpha value is -2.62. The van der Waals surface area contributed by atoms with E-state index >= 15 is 0 Å². The van der Waals surface area contributed by atoms with E-state index in [2.05, 4.69) is 25.5 Å². The molecule has 0 bridgehead atoms. The molecule has 0 radical (unpaired) electrons. The zero-order chi connectivity index (χ0) is 25.1. The fourth-order valence-electron chi connectivity index (χ4n) is 5.13. The third kappa shape index (κ3) is 5.53. The first-order valence-corrected chi connectivity index (χ1v) is 13.5. The molecule has 1 aromatic carbocycles. The molecule has 3 aromatic rings. The highest BCUT2D eigenvalue weighted by molar-refractivity contribution is 6.43. The van der Waals surface area contributed by atoms with Crippen molar-refractivity contribution in [2.75, 3.05) is 23.7 Å². The molecule has 2 fully saturated rings. The standard InChI is InChI=1S/C25H32Cl2N8O/c26-19-7-3-6-18(20(19)27)24(36)30-13-12-29-22-21-23(35(14-31-21)17-4-1-2-5-17)34-25(33-22)32-16-10-8-15(28)9-11-16/h3,6-7,14-17H,1-2,4-5,8-13,28H2,(H,30,36)(H2,29,32,33,34). The molecule has 2 aliphatic rings. The summed E-state index contributed by atoms with van der Waals surface area (Å²) in [5.74, 6) is 0.974. The lowest BCUT2D eigenvalue weighted by Crippen LogP contribution is -2.33. The minimum Gasteiger partial charge on any atom is -0.366 e. The maximum atomic E-state index is 12.5. The summed E-state index contributed by atoms with van der Waals surface area (Å²) in [5.41, 5.74) is 8.01. The lowest BCUT2D eigenvalue weighted by atomic mass is 9.92. The number of hydrogen-bond donors (Lipinski definition) is 4. The Morgan fingerprint density at radius 2 is 1.83 bits per heavy atom. The number of nitrogens with two attached hydrogens (primary N) is 1. The molecule has 0 atom stereocenters. The molecule has 1 amide bonds. The zero-order valence-corrected chi connectivity index (χ0v) is 21.7. The predicted octanol–water partition coefficient (Wildman–Crippen LogP) is 4.77. The van der Waals surface area contributed by atoms with Gasteiger partial charge in [0, 0.05) is 31.2 Å². The van der Waals surface area contributed by atoms with Crippen LogP contribution in [0.25, 0.3) is 11.2 Å². The number of rotatable bonds is 8. The number of hydrogen-bond acceptors (Lipinski definition) is 7. The topological polar surface area (TPSA) is 123 Å². The number of benzene rings is 1. The van der Waals surface area contributed by atoms with Gasteiger partial charge < -0.3 is 26.3 Å². The molecule has 2 aromatic heterocycles. The number of carbonyl (C=O) groups excluding carboxylic acids is 1. The van der Waals surface area contributed by atoms with Crippen molar-refractivity contribution in [3.8, 4) is 0 Å². The van der Waals surface area contributed by atoms with Crippen LogP contribution in [0.15, 0.2) is 24.5 Å². The molecule has 36 heavy (non-hydrogen) atoms. The van der Waals surface area contributed by atoms with Gasteiger partial charge in [-0.25, -0.2) is 4.98 Å². The van der Waals surface area contributed by atoms with Crippen LogP contribution in [0.1, 0.15) is 67.8 Å². The minimum atomic E-state index is -0.277. The highest BCUT2D eigenvalue weighted by atomic mass is 35.5. The number of nitrogens with one attached hydrogen (secondary N) is 3. The number of nitrogens with zero attached hydrogens (tertiary/aromatic N) is 4. The van der Waals surface area contributed by atoms with Crippen LogP contribution >= 0.6 is 23.2 Å². The van der Waals surface area contributed by atoms with Crippen LogP contribution in [0.5, 0.6) is 0 Å². The van der Waals surface area contributed by atoms with E-state index in [-0.39, 0.29) is 17.0 Å². The normalized spacial score (nSPS) is 20.5. The summed E-state index contributed by atoms with van der Waals surface area (Å²) < 4.78 is 2.19. The highest BCUT2D eigenvalue weighted by Gasteiger charge is 2.24. The highest BCUT2D eigenvalue weighted by Crippen LogP contribution is 2.33. The van der Waals surface area contributed by atoms with Crippen LogP contribution in [0.4, 0.5) is 11.8 Å². The lowest BCUT2D eigenvalue weighted by Gasteiger charge is -2.27. The zero-order valence-electron chi connectivity index (χ0n) is 20.1. The predicted molar refractivity (Wildman–Crippen MR) is 144 cm³/mol. The molecule has 0 saturated heterocycles. The maximum Gasteiger partial charge on any atom is 0.252 e. The van der Waals surface area contributed by atoms with Gasteiger partial charge in [-0.1, -0.05) is 42.1 Å². The quantitative estimate of drug-likeness (QED) is 0.309. The second kappa shape index (κ2) is 11.2. The molecule has 0 spiro atoms. The first-order chi connectivity index (χ1) is 17.5. The number of carbonyl (C=O) groups is 1. The van der Waals surface area contributed by atoms with Gasteiger partial charge in [0.15, 0.2) is 17.0 Å². The van der Waals surface area contributed by atoms with E-state index in [1.807, 2.05) is 6.33 Å². The van der Waals surface area contributed by atoms with Gasteiger partial charge in [0.1, 0.15) is 0 Å². The minimum absolute atomic E-state index is 0.249. The van der Waals surface area contributed by atoms with Gasteiger partial charge in [0.05, 0.1) is 21.9 Å². The van der Waals surface area contributed by atoms with Crippen LogP contribution < -0.4 is 21.7 Å². The van der Waals surface area contributed by atoms with Gasteiger partial charge >= 0.3 is 0 Å². The molecule has 11 heteroatoms. The smallest absolute Gasteiger partial charge is 0.252 e. The Bertz CT molecular complexity index is 1220. The molecular weight excluding hydrogens is 499 g/mol. The van der Waals surface area contributed by atoms with Crippen molar-refractivity contribution in [3.63, 3.8) is 0 Å². The van der Waals surface area contributed by atoms with Crippen molar-refractivity contribution >= 4 is 52.0 Å². The van der Waals surface area contributed by atoms with Gasteiger partial charge in [0.2, 0.25) is 5.95 Å². The number of amides is 1. The summed E-state index contributed by atoms with van der Waals surface area (Å²) in [5, 5.41) is 10.4. The summed E-state index contributed by atoms with van der Waals surface area (Å²) in [6, 6.07) is 6.01. The molecule has 5 rings (SSSR count). The third-order valence-electron chi connectivity index (χ3n) is 7.14. The van der Waals surface area contributed by atoms with Gasteiger partial charge in [-0.05, 0) is 50.7 Å².